The second-order valence-electron chi connectivity index (χ2n) is 0.143. The zero-order chi connectivity index (χ0) is 3.41. The summed E-state index contributed by atoms with van der Waals surface area (Å²) in [7, 11) is 2.50. The monoisotopic (exact) mass is 335 g/mol. The Kier molecular flexibility index (Phi) is 118. The van der Waals surface area contributed by atoms with E-state index in [0.717, 1.165) is 0 Å². The van der Waals surface area contributed by atoms with E-state index >= 15 is 0 Å². The Balaban J connectivity index is -0.00000000750. The van der Waals surface area contributed by atoms with E-state index in [1.807, 2.05) is 0 Å². The van der Waals surface area contributed by atoms with Gasteiger partial charge in [0.05, 0.1) is 0 Å². The van der Waals surface area contributed by atoms with Gasteiger partial charge in [-0.1, -0.05) is 9.83 Å². The molecule has 0 bridgehead atoms. The van der Waals surface area contributed by atoms with Gasteiger partial charge in [-0.15, -0.1) is 11.7 Å². The van der Waals surface area contributed by atoms with Crippen molar-refractivity contribution in [1.29, 1.82) is 0 Å². The fourth-order valence-electron chi connectivity index (χ4n) is 0. The van der Waals surface area contributed by atoms with E-state index in [1.165, 1.54) is 19.7 Å². The van der Waals surface area contributed by atoms with Crippen LogP contribution in [0.2, 0.25) is 0 Å². The summed E-state index contributed by atoms with van der Waals surface area (Å²) in [6, 6.07) is 0. The normalized spacial score (nSPS) is 3.75. The number of rotatable bonds is 1. The van der Waals surface area contributed by atoms with E-state index in [1.54, 1.807) is 0 Å². The van der Waals surface area contributed by atoms with Gasteiger partial charge in [-0.25, -0.2) is 0 Å². The molecular formula is H4AlCo2NiS4-. The smallest absolute Gasteiger partial charge is 0.187 e. The van der Waals surface area contributed by atoms with Crippen molar-refractivity contribution in [3.63, 3.8) is 0 Å². The average molecular weight is 336 g/mol. The molecule has 0 rings (SSSR count). The van der Waals surface area contributed by atoms with Crippen LogP contribution in [0.25, 0.3) is 0 Å². The first-order chi connectivity index (χ1) is 1.91. The second kappa shape index (κ2) is 31.4. The summed E-state index contributed by atoms with van der Waals surface area (Å²) in [5.74, 6) is 0. The summed E-state index contributed by atoms with van der Waals surface area (Å²) in [4.78, 5) is 0. The summed E-state index contributed by atoms with van der Waals surface area (Å²) in [6.45, 7) is 0. The van der Waals surface area contributed by atoms with Crippen LogP contribution in [0, 0.1) is 0 Å². The van der Waals surface area contributed by atoms with Crippen molar-refractivity contribution >= 4 is 60.3 Å². The predicted octanol–water partition coefficient (Wildman–Crippen LogP) is 0.483. The number of hydrogen-bond donors (Lipinski definition) is 1. The molecule has 0 saturated heterocycles. The van der Waals surface area contributed by atoms with Crippen molar-refractivity contribution in [2.75, 3.05) is 0 Å². The first-order valence-electron chi connectivity index (χ1n) is 0.516. The third-order valence-corrected chi connectivity index (χ3v) is 2.46. The molecule has 8 heteroatoms. The van der Waals surface area contributed by atoms with Crippen LogP contribution >= 0.6 is 31.3 Å². The van der Waals surface area contributed by atoms with Gasteiger partial charge >= 0.3 is 0 Å². The van der Waals surface area contributed by atoms with Gasteiger partial charge in [0.2, 0.25) is 0 Å². The minimum absolute atomic E-state index is 0. The molecule has 8 heavy (non-hydrogen) atoms. The fraction of sp³-hybridized carbons (Fsp3) is 0. The van der Waals surface area contributed by atoms with E-state index in [0.29, 0.717) is 0 Å². The van der Waals surface area contributed by atoms with Gasteiger partial charge in [0.15, 0.2) is 17.4 Å². The number of thiol groups is 1. The van der Waals surface area contributed by atoms with E-state index in [9.17, 15) is 0 Å². The summed E-state index contributed by atoms with van der Waals surface area (Å²) in [6.07, 6.45) is 0. The average Bonchev–Trinajstić information content (AvgIpc) is 1.37. The van der Waals surface area contributed by atoms with Crippen molar-refractivity contribution in [3.05, 3.63) is 0 Å². The Labute approximate surface area is 109 Å². The Morgan fingerprint density at radius 3 is 1.38 bits per heavy atom. The summed E-state index contributed by atoms with van der Waals surface area (Å²) in [5, 5.41) is 0. The largest absolute Gasteiger partial charge is 0.706 e. The third kappa shape index (κ3) is 34.1. The maximum Gasteiger partial charge on any atom is 0.187 e. The molecule has 0 aliphatic rings. The molecule has 0 aromatic heterocycles. The Morgan fingerprint density at radius 1 is 1.25 bits per heavy atom. The molecule has 0 aliphatic heterocycles. The molecule has 0 spiro atoms. The van der Waals surface area contributed by atoms with E-state index in [2.05, 4.69) is 23.3 Å². The Morgan fingerprint density at radius 2 is 1.38 bits per heavy atom. The van der Waals surface area contributed by atoms with Crippen LogP contribution in [0.15, 0.2) is 0 Å². The minimum atomic E-state index is 0. The molecule has 0 amide bonds. The van der Waals surface area contributed by atoms with Crippen LogP contribution in [0.4, 0.5) is 0 Å². The summed E-state index contributed by atoms with van der Waals surface area (Å²) < 4.78 is 0. The molecule has 0 aromatic carbocycles. The van der Waals surface area contributed by atoms with Crippen LogP contribution in [0.1, 0.15) is 0 Å². The van der Waals surface area contributed by atoms with Crippen LogP contribution in [-0.4, -0.2) is 17.4 Å². The summed E-state index contributed by atoms with van der Waals surface area (Å²) in [5.41, 5.74) is 0. The summed E-state index contributed by atoms with van der Waals surface area (Å²) >= 11 is 8.05. The Bertz CT molecular complexity index is 16.0. The second-order valence-corrected chi connectivity index (χ2v) is 3.85. The molecule has 0 aromatic rings. The maximum absolute atomic E-state index is 4.36. The van der Waals surface area contributed by atoms with E-state index in [4.69, 9.17) is 0 Å². The van der Waals surface area contributed by atoms with Crippen molar-refractivity contribution in [3.8, 4) is 0 Å². The molecule has 2 radical (unpaired) electrons. The van der Waals surface area contributed by atoms with E-state index in [-0.39, 0.29) is 67.4 Å². The van der Waals surface area contributed by atoms with Crippen LogP contribution in [0.3, 0.4) is 0 Å². The van der Waals surface area contributed by atoms with Gasteiger partial charge in [-0.2, -0.15) is 0 Å². The molecule has 60 valence electrons. The topological polar surface area (TPSA) is 0 Å². The first-order valence-corrected chi connectivity index (χ1v) is 4.64. The molecule has 0 fully saturated rings. The van der Waals surface area contributed by atoms with Gasteiger partial charge in [-0.3, -0.25) is 9.83 Å². The molecule has 0 N–H and O–H groups in total. The van der Waals surface area contributed by atoms with Gasteiger partial charge < -0.3 is 11.7 Å². The maximum atomic E-state index is 4.36. The van der Waals surface area contributed by atoms with Crippen LogP contribution in [-0.2, 0) is 61.7 Å². The van der Waals surface area contributed by atoms with Crippen LogP contribution in [0.5, 0.6) is 0 Å². The molecule has 0 nitrogen and oxygen atoms in total. The SMILES string of the molecule is [AlH3].[Co].[Co].[Ni].[S-]SSS. The van der Waals surface area contributed by atoms with Gasteiger partial charge in [0.25, 0.3) is 0 Å². The van der Waals surface area contributed by atoms with Crippen molar-refractivity contribution in [2.45, 2.75) is 0 Å². The molecule has 0 saturated carbocycles. The molecule has 0 unspecified atom stereocenters. The quantitative estimate of drug-likeness (QED) is 0.321. The standard InChI is InChI=1S/Al.2Co.Ni.H2S4.3H/c;;;;1-3-4-2;;;/h;;;;1-2H;;;/p-1. The van der Waals surface area contributed by atoms with E-state index < -0.39 is 0 Å². The molecule has 0 heterocycles. The van der Waals surface area contributed by atoms with Crippen LogP contribution < -0.4 is 0 Å². The fourth-order valence-corrected chi connectivity index (χ4v) is 0. The van der Waals surface area contributed by atoms with Crippen molar-refractivity contribution < 1.29 is 50.0 Å². The van der Waals surface area contributed by atoms with Crippen molar-refractivity contribution in [1.82, 2.24) is 0 Å². The molecule has 0 atom stereocenters. The Hall–Kier alpha value is 3.44. The molecular weight excluding hydrogens is 332 g/mol. The van der Waals surface area contributed by atoms with Crippen molar-refractivity contribution in [2.24, 2.45) is 0 Å². The number of hydrogen-bond acceptors (Lipinski definition) is 4. The predicted molar refractivity (Wildman–Crippen MR) is 41.5 cm³/mol. The molecule has 0 aliphatic carbocycles. The zero-order valence-electron chi connectivity index (χ0n) is 2.65. The van der Waals surface area contributed by atoms with Gasteiger partial charge in [0, 0.05) is 50.0 Å². The third-order valence-electron chi connectivity index (χ3n) is 0.0304. The first kappa shape index (κ1) is 30.1. The van der Waals surface area contributed by atoms with Gasteiger partial charge in [0.1, 0.15) is 0 Å². The minimum Gasteiger partial charge on any atom is -0.706 e. The zero-order valence-corrected chi connectivity index (χ0v) is 9.07. The van der Waals surface area contributed by atoms with Gasteiger partial charge in [-0.05, 0) is 0 Å².